The second-order valence-corrected chi connectivity index (χ2v) is 6.73. The molecule has 2 N–H and O–H groups in total. The highest BCUT2D eigenvalue weighted by Gasteiger charge is 2.25. The number of amides is 1. The first-order valence-corrected chi connectivity index (χ1v) is 6.96. The first kappa shape index (κ1) is 15.3. The van der Waals surface area contributed by atoms with E-state index in [1.54, 1.807) is 0 Å². The summed E-state index contributed by atoms with van der Waals surface area (Å²) in [6, 6.07) is 0.192. The average molecular weight is 256 g/mol. The first-order valence-electron chi connectivity index (χ1n) is 6.96. The maximum atomic E-state index is 11.7. The summed E-state index contributed by atoms with van der Waals surface area (Å²) in [5.41, 5.74) is -0.427. The molecule has 4 nitrogen and oxygen atoms in total. The van der Waals surface area contributed by atoms with Gasteiger partial charge in [0.25, 0.3) is 0 Å². The minimum Gasteiger partial charge on any atom is -0.444 e. The second-order valence-electron chi connectivity index (χ2n) is 6.73. The van der Waals surface area contributed by atoms with Crippen molar-refractivity contribution in [2.45, 2.75) is 59.1 Å². The van der Waals surface area contributed by atoms with Crippen LogP contribution < -0.4 is 10.6 Å². The van der Waals surface area contributed by atoms with E-state index in [9.17, 15) is 4.79 Å². The molecule has 1 saturated heterocycles. The third-order valence-corrected chi connectivity index (χ3v) is 2.97. The van der Waals surface area contributed by atoms with Crippen molar-refractivity contribution in [2.75, 3.05) is 13.1 Å². The molecule has 0 bridgehead atoms. The van der Waals surface area contributed by atoms with Crippen LogP contribution in [0.1, 0.15) is 47.5 Å². The summed E-state index contributed by atoms with van der Waals surface area (Å²) in [5, 5.41) is 6.34. The van der Waals surface area contributed by atoms with Gasteiger partial charge in [0.2, 0.25) is 0 Å². The molecule has 4 heteroatoms. The fourth-order valence-electron chi connectivity index (χ4n) is 2.46. The lowest BCUT2D eigenvalue weighted by molar-refractivity contribution is 0.0488. The van der Waals surface area contributed by atoms with Gasteiger partial charge in [0.15, 0.2) is 0 Å². The van der Waals surface area contributed by atoms with E-state index in [1.165, 1.54) is 6.42 Å². The molecular weight excluding hydrogens is 228 g/mol. The Morgan fingerprint density at radius 3 is 2.61 bits per heavy atom. The predicted octanol–water partition coefficient (Wildman–Crippen LogP) is 2.54. The Morgan fingerprint density at radius 1 is 1.39 bits per heavy atom. The number of alkyl carbamates (subject to hydrolysis) is 1. The summed E-state index contributed by atoms with van der Waals surface area (Å²) >= 11 is 0. The SMILES string of the molecule is CC(C)CC1CNCC(NC(=O)OC(C)(C)C)C1. The summed E-state index contributed by atoms with van der Waals surface area (Å²) in [6.07, 6.45) is 1.95. The van der Waals surface area contributed by atoms with E-state index in [2.05, 4.69) is 24.5 Å². The molecule has 1 rings (SSSR count). The van der Waals surface area contributed by atoms with Gasteiger partial charge in [-0.3, -0.25) is 0 Å². The molecule has 1 aliphatic rings. The van der Waals surface area contributed by atoms with Crippen molar-refractivity contribution in [1.29, 1.82) is 0 Å². The molecule has 1 aliphatic heterocycles. The molecule has 18 heavy (non-hydrogen) atoms. The normalized spacial score (nSPS) is 25.0. The quantitative estimate of drug-likeness (QED) is 0.816. The van der Waals surface area contributed by atoms with Crippen LogP contribution in [0.5, 0.6) is 0 Å². The largest absolute Gasteiger partial charge is 0.444 e. The lowest BCUT2D eigenvalue weighted by Gasteiger charge is -2.32. The number of piperidine rings is 1. The molecule has 1 heterocycles. The number of hydrogen-bond donors (Lipinski definition) is 2. The highest BCUT2D eigenvalue weighted by atomic mass is 16.6. The summed E-state index contributed by atoms with van der Waals surface area (Å²) in [5.74, 6) is 1.36. The lowest BCUT2D eigenvalue weighted by atomic mass is 9.88. The molecule has 0 aromatic rings. The van der Waals surface area contributed by atoms with Gasteiger partial charge in [-0.2, -0.15) is 0 Å². The van der Waals surface area contributed by atoms with Crippen molar-refractivity contribution >= 4 is 6.09 Å². The Hall–Kier alpha value is -0.770. The molecule has 0 spiro atoms. The van der Waals surface area contributed by atoms with Crippen molar-refractivity contribution in [3.05, 3.63) is 0 Å². The van der Waals surface area contributed by atoms with Crippen molar-refractivity contribution in [2.24, 2.45) is 11.8 Å². The van der Waals surface area contributed by atoms with Crippen molar-refractivity contribution in [3.63, 3.8) is 0 Å². The first-order chi connectivity index (χ1) is 8.26. The van der Waals surface area contributed by atoms with Gasteiger partial charge in [0, 0.05) is 12.6 Å². The van der Waals surface area contributed by atoms with E-state index in [0.29, 0.717) is 11.8 Å². The van der Waals surface area contributed by atoms with Crippen LogP contribution in [-0.4, -0.2) is 30.8 Å². The number of rotatable bonds is 3. The number of carbonyl (C=O) groups is 1. The zero-order chi connectivity index (χ0) is 13.8. The molecule has 1 fully saturated rings. The molecule has 0 aromatic carbocycles. The summed E-state index contributed by atoms with van der Waals surface area (Å²) in [7, 11) is 0. The van der Waals surface area contributed by atoms with Crippen LogP contribution in [0.4, 0.5) is 4.79 Å². The van der Waals surface area contributed by atoms with Crippen molar-refractivity contribution < 1.29 is 9.53 Å². The van der Waals surface area contributed by atoms with Gasteiger partial charge in [-0.15, -0.1) is 0 Å². The molecule has 0 radical (unpaired) electrons. The molecule has 0 aliphatic carbocycles. The lowest BCUT2D eigenvalue weighted by Crippen LogP contribution is -2.50. The number of ether oxygens (including phenoxy) is 1. The van der Waals surface area contributed by atoms with E-state index >= 15 is 0 Å². The van der Waals surface area contributed by atoms with Gasteiger partial charge in [0.1, 0.15) is 5.60 Å². The van der Waals surface area contributed by atoms with Crippen LogP contribution in [0, 0.1) is 11.8 Å². The summed E-state index contributed by atoms with van der Waals surface area (Å²) < 4.78 is 5.28. The fraction of sp³-hybridized carbons (Fsp3) is 0.929. The molecule has 1 amide bonds. The maximum absolute atomic E-state index is 11.7. The predicted molar refractivity (Wildman–Crippen MR) is 73.6 cm³/mol. The molecule has 2 atom stereocenters. The van der Waals surface area contributed by atoms with Crippen molar-refractivity contribution in [3.8, 4) is 0 Å². The second kappa shape index (κ2) is 6.41. The van der Waals surface area contributed by atoms with Gasteiger partial charge in [-0.05, 0) is 52.0 Å². The average Bonchev–Trinajstić information content (AvgIpc) is 2.13. The smallest absolute Gasteiger partial charge is 0.407 e. The highest BCUT2D eigenvalue weighted by molar-refractivity contribution is 5.68. The molecular formula is C14H28N2O2. The van der Waals surface area contributed by atoms with Gasteiger partial charge in [-0.1, -0.05) is 13.8 Å². The zero-order valence-electron chi connectivity index (χ0n) is 12.4. The molecule has 2 unspecified atom stereocenters. The third-order valence-electron chi connectivity index (χ3n) is 2.97. The van der Waals surface area contributed by atoms with Gasteiger partial charge >= 0.3 is 6.09 Å². The van der Waals surface area contributed by atoms with E-state index in [-0.39, 0.29) is 12.1 Å². The van der Waals surface area contributed by atoms with Crippen molar-refractivity contribution in [1.82, 2.24) is 10.6 Å². The summed E-state index contributed by atoms with van der Waals surface area (Å²) in [6.45, 7) is 12.0. The highest BCUT2D eigenvalue weighted by Crippen LogP contribution is 2.19. The minimum absolute atomic E-state index is 0.192. The number of hydrogen-bond acceptors (Lipinski definition) is 3. The van der Waals surface area contributed by atoms with Crippen LogP contribution in [0.3, 0.4) is 0 Å². The Labute approximate surface area is 111 Å². The number of carbonyl (C=O) groups excluding carboxylic acids is 1. The molecule has 0 saturated carbocycles. The van der Waals surface area contributed by atoms with Gasteiger partial charge in [-0.25, -0.2) is 4.79 Å². The van der Waals surface area contributed by atoms with Crippen LogP contribution in [0.25, 0.3) is 0 Å². The van der Waals surface area contributed by atoms with E-state index in [4.69, 9.17) is 4.74 Å². The van der Waals surface area contributed by atoms with Crippen LogP contribution in [0.15, 0.2) is 0 Å². The van der Waals surface area contributed by atoms with E-state index in [1.807, 2.05) is 20.8 Å². The third kappa shape index (κ3) is 6.24. The van der Waals surface area contributed by atoms with Crippen LogP contribution in [0.2, 0.25) is 0 Å². The zero-order valence-corrected chi connectivity index (χ0v) is 12.4. The molecule has 106 valence electrons. The standard InChI is InChI=1S/C14H28N2O2/c1-10(2)6-11-7-12(9-15-8-11)16-13(17)18-14(3,4)5/h10-12,15H,6-9H2,1-5H3,(H,16,17). The Balaban J connectivity index is 2.36. The van der Waals surface area contributed by atoms with Crippen LogP contribution in [-0.2, 0) is 4.74 Å². The maximum Gasteiger partial charge on any atom is 0.407 e. The minimum atomic E-state index is -0.427. The number of nitrogens with one attached hydrogen (secondary N) is 2. The van der Waals surface area contributed by atoms with E-state index < -0.39 is 5.60 Å². The van der Waals surface area contributed by atoms with E-state index in [0.717, 1.165) is 19.5 Å². The van der Waals surface area contributed by atoms with Crippen LogP contribution >= 0.6 is 0 Å². The Morgan fingerprint density at radius 2 is 2.06 bits per heavy atom. The fourth-order valence-corrected chi connectivity index (χ4v) is 2.46. The monoisotopic (exact) mass is 256 g/mol. The topological polar surface area (TPSA) is 50.4 Å². The Bertz CT molecular complexity index is 271. The molecule has 0 aromatic heterocycles. The Kier molecular flexibility index (Phi) is 5.45. The van der Waals surface area contributed by atoms with Gasteiger partial charge < -0.3 is 15.4 Å². The summed E-state index contributed by atoms with van der Waals surface area (Å²) in [4.78, 5) is 11.7. The van der Waals surface area contributed by atoms with Gasteiger partial charge in [0.05, 0.1) is 0 Å².